The first-order valence-electron chi connectivity index (χ1n) is 11.5. The van der Waals surface area contributed by atoms with Crippen molar-refractivity contribution in [2.45, 2.75) is 25.8 Å². The zero-order chi connectivity index (χ0) is 23.1. The Morgan fingerprint density at radius 1 is 1.12 bits per heavy atom. The third kappa shape index (κ3) is 3.72. The van der Waals surface area contributed by atoms with E-state index in [0.29, 0.717) is 17.1 Å². The maximum absolute atomic E-state index is 13.2. The molecule has 0 spiro atoms. The van der Waals surface area contributed by atoms with E-state index in [1.54, 1.807) is 16.9 Å². The Morgan fingerprint density at radius 3 is 2.82 bits per heavy atom. The highest BCUT2D eigenvalue weighted by molar-refractivity contribution is 5.86. The van der Waals surface area contributed by atoms with E-state index >= 15 is 0 Å². The Bertz CT molecular complexity index is 1550. The van der Waals surface area contributed by atoms with Gasteiger partial charge in [-0.1, -0.05) is 6.07 Å². The van der Waals surface area contributed by atoms with E-state index in [4.69, 9.17) is 9.84 Å². The van der Waals surface area contributed by atoms with E-state index in [2.05, 4.69) is 15.3 Å². The first-order chi connectivity index (χ1) is 16.7. The molecule has 34 heavy (non-hydrogen) atoms. The van der Waals surface area contributed by atoms with Crippen molar-refractivity contribution < 1.29 is 4.74 Å². The summed E-state index contributed by atoms with van der Waals surface area (Å²) in [7, 11) is 0. The van der Waals surface area contributed by atoms with Crippen LogP contribution < -0.4 is 15.6 Å². The number of aryl methyl sites for hydroxylation is 1. The summed E-state index contributed by atoms with van der Waals surface area (Å²) in [6.07, 6.45) is 9.10. The molecule has 8 nitrogen and oxygen atoms in total. The summed E-state index contributed by atoms with van der Waals surface area (Å²) in [6, 6.07) is 13.7. The largest absolute Gasteiger partial charge is 0.452 e. The van der Waals surface area contributed by atoms with E-state index in [1.807, 2.05) is 66.3 Å². The normalized spacial score (nSPS) is 14.6. The highest BCUT2D eigenvalue weighted by Gasteiger charge is 2.18. The van der Waals surface area contributed by atoms with Gasteiger partial charge in [0.25, 0.3) is 5.56 Å². The Kier molecular flexibility index (Phi) is 5.07. The van der Waals surface area contributed by atoms with Crippen LogP contribution in [-0.4, -0.2) is 37.2 Å². The van der Waals surface area contributed by atoms with Gasteiger partial charge in [-0.25, -0.2) is 9.50 Å². The molecule has 0 radical (unpaired) electrons. The monoisotopic (exact) mass is 452 g/mol. The van der Waals surface area contributed by atoms with Gasteiger partial charge in [0.05, 0.1) is 23.8 Å². The summed E-state index contributed by atoms with van der Waals surface area (Å²) in [5, 5.41) is 9.73. The maximum Gasteiger partial charge on any atom is 0.258 e. The number of nitrogens with one attached hydrogen (secondary N) is 1. The number of piperidine rings is 1. The molecule has 1 aromatic carbocycles. The molecule has 0 atom stereocenters. The maximum atomic E-state index is 13.2. The topological polar surface area (TPSA) is 86.3 Å². The highest BCUT2D eigenvalue weighted by atomic mass is 16.5. The predicted molar refractivity (Wildman–Crippen MR) is 130 cm³/mol. The fourth-order valence-corrected chi connectivity index (χ4v) is 4.61. The second kappa shape index (κ2) is 8.39. The molecule has 1 aliphatic heterocycles. The van der Waals surface area contributed by atoms with Gasteiger partial charge < -0.3 is 14.6 Å². The molecule has 1 saturated heterocycles. The molecule has 6 rings (SSSR count). The number of imidazole rings is 1. The SMILES string of the molecule is Cc1cn2nc(-c3ccc4c(=O)n(C5CCNCC5)ccc4c3)cc(Oc3cccnc3)c2n1. The van der Waals surface area contributed by atoms with Gasteiger partial charge in [0.15, 0.2) is 11.4 Å². The van der Waals surface area contributed by atoms with Gasteiger partial charge in [-0.15, -0.1) is 0 Å². The Balaban J connectivity index is 1.43. The van der Waals surface area contributed by atoms with Crippen LogP contribution in [0.2, 0.25) is 0 Å². The number of hydrogen-bond donors (Lipinski definition) is 1. The minimum Gasteiger partial charge on any atom is -0.452 e. The molecule has 1 fully saturated rings. The van der Waals surface area contributed by atoms with Gasteiger partial charge in [-0.2, -0.15) is 5.10 Å². The quantitative estimate of drug-likeness (QED) is 0.441. The van der Waals surface area contributed by atoms with Crippen LogP contribution in [0.15, 0.2) is 72.0 Å². The summed E-state index contributed by atoms with van der Waals surface area (Å²) in [4.78, 5) is 21.9. The number of pyridine rings is 2. The third-order valence-electron chi connectivity index (χ3n) is 6.30. The van der Waals surface area contributed by atoms with Gasteiger partial charge in [-0.05, 0) is 68.6 Å². The van der Waals surface area contributed by atoms with Crippen molar-refractivity contribution in [1.82, 2.24) is 29.5 Å². The number of rotatable bonds is 4. The van der Waals surface area contributed by atoms with Crippen molar-refractivity contribution in [2.24, 2.45) is 0 Å². The molecular formula is C26H24N6O2. The Morgan fingerprint density at radius 2 is 2.00 bits per heavy atom. The van der Waals surface area contributed by atoms with E-state index < -0.39 is 0 Å². The average Bonchev–Trinajstić information content (AvgIpc) is 3.26. The minimum atomic E-state index is 0.0604. The van der Waals surface area contributed by atoms with E-state index in [-0.39, 0.29) is 11.6 Å². The molecule has 5 aromatic rings. The molecule has 0 bridgehead atoms. The first-order valence-corrected chi connectivity index (χ1v) is 11.5. The third-order valence-corrected chi connectivity index (χ3v) is 6.30. The molecule has 0 amide bonds. The standard InChI is InChI=1S/C26H24N6O2/c1-17-16-32-25(29-17)24(34-21-3-2-9-28-15-21)14-23(30-32)19-4-5-22-18(13-19)8-12-31(26(22)33)20-6-10-27-11-7-20/h2-5,8-9,12-16,20,27H,6-7,10-11H2,1H3. The van der Waals surface area contributed by atoms with E-state index in [1.165, 1.54) is 0 Å². The summed E-state index contributed by atoms with van der Waals surface area (Å²) in [6.45, 7) is 3.81. The molecule has 0 aliphatic carbocycles. The average molecular weight is 453 g/mol. The number of fused-ring (bicyclic) bond motifs is 2. The van der Waals surface area contributed by atoms with Crippen molar-refractivity contribution in [3.05, 3.63) is 83.3 Å². The minimum absolute atomic E-state index is 0.0604. The molecule has 0 saturated carbocycles. The summed E-state index contributed by atoms with van der Waals surface area (Å²) in [5.41, 5.74) is 3.17. The van der Waals surface area contributed by atoms with Crippen molar-refractivity contribution in [1.29, 1.82) is 0 Å². The van der Waals surface area contributed by atoms with Crippen LogP contribution in [0, 0.1) is 6.92 Å². The molecule has 4 aromatic heterocycles. The van der Waals surface area contributed by atoms with Gasteiger partial charge in [-0.3, -0.25) is 9.78 Å². The first kappa shape index (κ1) is 20.6. The lowest BCUT2D eigenvalue weighted by Gasteiger charge is -2.25. The van der Waals surface area contributed by atoms with Crippen molar-refractivity contribution in [3.8, 4) is 22.8 Å². The second-order valence-corrected chi connectivity index (χ2v) is 8.65. The zero-order valence-electron chi connectivity index (χ0n) is 18.8. The van der Waals surface area contributed by atoms with Crippen LogP contribution in [0.4, 0.5) is 0 Å². The van der Waals surface area contributed by atoms with Crippen LogP contribution in [0.5, 0.6) is 11.5 Å². The molecule has 8 heteroatoms. The number of ether oxygens (including phenoxy) is 1. The van der Waals surface area contributed by atoms with Crippen LogP contribution in [0.25, 0.3) is 27.7 Å². The number of nitrogens with zero attached hydrogens (tertiary/aromatic N) is 5. The van der Waals surface area contributed by atoms with Crippen molar-refractivity contribution in [3.63, 3.8) is 0 Å². The Labute approximate surface area is 195 Å². The van der Waals surface area contributed by atoms with Crippen molar-refractivity contribution >= 4 is 16.4 Å². The van der Waals surface area contributed by atoms with Crippen LogP contribution in [-0.2, 0) is 0 Å². The molecular weight excluding hydrogens is 428 g/mol. The summed E-state index contributed by atoms with van der Waals surface area (Å²) >= 11 is 0. The summed E-state index contributed by atoms with van der Waals surface area (Å²) < 4.78 is 9.73. The molecule has 170 valence electrons. The fourth-order valence-electron chi connectivity index (χ4n) is 4.61. The lowest BCUT2D eigenvalue weighted by atomic mass is 10.0. The van der Waals surface area contributed by atoms with E-state index in [9.17, 15) is 4.79 Å². The fraction of sp³-hybridized carbons (Fsp3) is 0.231. The number of hydrogen-bond acceptors (Lipinski definition) is 6. The zero-order valence-corrected chi connectivity index (χ0v) is 18.8. The van der Waals surface area contributed by atoms with Crippen LogP contribution in [0.1, 0.15) is 24.6 Å². The lowest BCUT2D eigenvalue weighted by Crippen LogP contribution is -2.34. The smallest absolute Gasteiger partial charge is 0.258 e. The van der Waals surface area contributed by atoms with Crippen LogP contribution >= 0.6 is 0 Å². The lowest BCUT2D eigenvalue weighted by molar-refractivity contribution is 0.362. The van der Waals surface area contributed by atoms with E-state index in [0.717, 1.165) is 53.7 Å². The molecule has 5 heterocycles. The summed E-state index contributed by atoms with van der Waals surface area (Å²) in [5.74, 6) is 1.21. The highest BCUT2D eigenvalue weighted by Crippen LogP contribution is 2.30. The molecule has 1 aliphatic rings. The Hall–Kier alpha value is -4.04. The number of aromatic nitrogens is 5. The second-order valence-electron chi connectivity index (χ2n) is 8.65. The van der Waals surface area contributed by atoms with Gasteiger partial charge >= 0.3 is 0 Å². The number of benzene rings is 1. The van der Waals surface area contributed by atoms with Gasteiger partial charge in [0.2, 0.25) is 0 Å². The van der Waals surface area contributed by atoms with Crippen LogP contribution in [0.3, 0.4) is 0 Å². The molecule has 1 N–H and O–H groups in total. The van der Waals surface area contributed by atoms with Crippen molar-refractivity contribution in [2.75, 3.05) is 13.1 Å². The predicted octanol–water partition coefficient (Wildman–Crippen LogP) is 4.13. The molecule has 0 unspecified atom stereocenters. The van der Waals surface area contributed by atoms with Gasteiger partial charge in [0.1, 0.15) is 5.75 Å². The van der Waals surface area contributed by atoms with Gasteiger partial charge in [0, 0.05) is 35.5 Å².